The van der Waals surface area contributed by atoms with Gasteiger partial charge in [-0.15, -0.1) is 0 Å². The van der Waals surface area contributed by atoms with Gasteiger partial charge in [0.2, 0.25) is 0 Å². The predicted molar refractivity (Wildman–Crippen MR) is 78.7 cm³/mol. The highest BCUT2D eigenvalue weighted by molar-refractivity contribution is 5.35. The normalized spacial score (nSPS) is 32.5. The Bertz CT molecular complexity index is 403. The van der Waals surface area contributed by atoms with E-state index in [1.165, 1.54) is 36.0 Å². The van der Waals surface area contributed by atoms with Gasteiger partial charge in [0.1, 0.15) is 0 Å². The van der Waals surface area contributed by atoms with Crippen LogP contribution in [0.25, 0.3) is 0 Å². The average molecular weight is 245 g/mol. The van der Waals surface area contributed by atoms with E-state index in [2.05, 4.69) is 45.9 Å². The lowest BCUT2D eigenvalue weighted by atomic mass is 9.66. The molecule has 0 aromatic heterocycles. The zero-order valence-electron chi connectivity index (χ0n) is 12.3. The molecule has 18 heavy (non-hydrogen) atoms. The minimum atomic E-state index is -0.00542. The Morgan fingerprint density at radius 3 is 2.44 bits per heavy atom. The Hall–Kier alpha value is -0.820. The van der Waals surface area contributed by atoms with Crippen LogP contribution in [0.1, 0.15) is 49.8 Å². The fourth-order valence-electron chi connectivity index (χ4n) is 3.50. The third-order valence-corrected chi connectivity index (χ3v) is 5.21. The summed E-state index contributed by atoms with van der Waals surface area (Å²) in [5, 5.41) is 0. The van der Waals surface area contributed by atoms with E-state index >= 15 is 0 Å². The highest BCUT2D eigenvalue weighted by Gasteiger charge is 2.38. The number of hydrogen-bond acceptors (Lipinski definition) is 1. The molecule has 2 N–H and O–H groups in total. The second kappa shape index (κ2) is 5.05. The van der Waals surface area contributed by atoms with E-state index in [0.29, 0.717) is 5.92 Å². The Balaban J connectivity index is 2.27. The molecule has 0 spiro atoms. The molecule has 1 fully saturated rings. The number of aryl methyl sites for hydroxylation is 2. The Morgan fingerprint density at radius 1 is 1.22 bits per heavy atom. The summed E-state index contributed by atoms with van der Waals surface area (Å²) >= 11 is 0. The fourth-order valence-corrected chi connectivity index (χ4v) is 3.50. The molecule has 100 valence electrons. The number of rotatable bonds is 2. The molecule has 1 aromatic rings. The first-order valence-corrected chi connectivity index (χ1v) is 7.28. The summed E-state index contributed by atoms with van der Waals surface area (Å²) in [4.78, 5) is 0. The molecule has 0 amide bonds. The molecule has 0 heterocycles. The third kappa shape index (κ3) is 2.47. The Kier molecular flexibility index (Phi) is 3.82. The zero-order chi connectivity index (χ0) is 13.3. The molecule has 0 saturated heterocycles. The van der Waals surface area contributed by atoms with Gasteiger partial charge in [0.05, 0.1) is 0 Å². The van der Waals surface area contributed by atoms with Gasteiger partial charge in [0.15, 0.2) is 0 Å². The van der Waals surface area contributed by atoms with Gasteiger partial charge in [-0.1, -0.05) is 44.9 Å². The van der Waals surface area contributed by atoms with Crippen LogP contribution in [-0.4, -0.2) is 5.54 Å². The summed E-state index contributed by atoms with van der Waals surface area (Å²) in [6, 6.07) is 6.56. The lowest BCUT2D eigenvalue weighted by Crippen LogP contribution is -2.52. The molecule has 1 aliphatic rings. The van der Waals surface area contributed by atoms with Crippen LogP contribution >= 0.6 is 0 Å². The molecular formula is C17H27N. The van der Waals surface area contributed by atoms with Crippen LogP contribution in [-0.2, 0) is 6.42 Å². The maximum absolute atomic E-state index is 6.76. The molecular weight excluding hydrogens is 218 g/mol. The predicted octanol–water partition coefficient (Wildman–Crippen LogP) is 4.00. The van der Waals surface area contributed by atoms with Crippen LogP contribution < -0.4 is 5.73 Å². The van der Waals surface area contributed by atoms with E-state index in [4.69, 9.17) is 5.73 Å². The number of nitrogens with two attached hydrogens (primary N) is 1. The van der Waals surface area contributed by atoms with Gasteiger partial charge < -0.3 is 5.73 Å². The first-order chi connectivity index (χ1) is 8.44. The molecule has 3 unspecified atom stereocenters. The zero-order valence-corrected chi connectivity index (χ0v) is 12.3. The van der Waals surface area contributed by atoms with Gasteiger partial charge in [-0.3, -0.25) is 0 Å². The minimum Gasteiger partial charge on any atom is -0.325 e. The highest BCUT2D eigenvalue weighted by atomic mass is 14.8. The summed E-state index contributed by atoms with van der Waals surface area (Å²) in [5.74, 6) is 1.37. The molecule has 1 aromatic carbocycles. The molecule has 0 radical (unpaired) electrons. The summed E-state index contributed by atoms with van der Waals surface area (Å²) < 4.78 is 0. The minimum absolute atomic E-state index is 0.00542. The van der Waals surface area contributed by atoms with Gasteiger partial charge in [0.25, 0.3) is 0 Å². The van der Waals surface area contributed by atoms with Crippen molar-refractivity contribution in [2.24, 2.45) is 17.6 Å². The van der Waals surface area contributed by atoms with E-state index in [1.54, 1.807) is 0 Å². The van der Waals surface area contributed by atoms with Gasteiger partial charge in [0, 0.05) is 5.54 Å². The van der Waals surface area contributed by atoms with Crippen LogP contribution in [0.4, 0.5) is 0 Å². The van der Waals surface area contributed by atoms with Crippen molar-refractivity contribution in [1.82, 2.24) is 0 Å². The first kappa shape index (κ1) is 13.6. The van der Waals surface area contributed by atoms with Crippen molar-refractivity contribution in [2.75, 3.05) is 0 Å². The number of benzene rings is 1. The summed E-state index contributed by atoms with van der Waals surface area (Å²) in [6.07, 6.45) is 4.84. The van der Waals surface area contributed by atoms with Gasteiger partial charge in [-0.2, -0.15) is 0 Å². The fraction of sp³-hybridized carbons (Fsp3) is 0.647. The van der Waals surface area contributed by atoms with E-state index in [-0.39, 0.29) is 5.54 Å². The van der Waals surface area contributed by atoms with Crippen molar-refractivity contribution in [3.63, 3.8) is 0 Å². The van der Waals surface area contributed by atoms with Crippen molar-refractivity contribution in [2.45, 2.75) is 58.9 Å². The maximum Gasteiger partial charge on any atom is 0.0223 e. The maximum atomic E-state index is 6.76. The topological polar surface area (TPSA) is 26.0 Å². The van der Waals surface area contributed by atoms with E-state index in [0.717, 1.165) is 12.3 Å². The van der Waals surface area contributed by atoms with Crippen LogP contribution in [0.15, 0.2) is 18.2 Å². The molecule has 2 rings (SSSR count). The van der Waals surface area contributed by atoms with E-state index in [9.17, 15) is 0 Å². The second-order valence-electron chi connectivity index (χ2n) is 6.44. The SMILES string of the molecule is Cc1cccc(C)c1CC1(N)CCCC(C)C1C. The summed E-state index contributed by atoms with van der Waals surface area (Å²) in [5.41, 5.74) is 11.0. The standard InChI is InChI=1S/C17H27N/c1-12-9-6-10-17(18,15(12)4)11-16-13(2)7-5-8-14(16)3/h5,7-8,12,15H,6,9-11,18H2,1-4H3. The van der Waals surface area contributed by atoms with Crippen molar-refractivity contribution < 1.29 is 0 Å². The van der Waals surface area contributed by atoms with E-state index < -0.39 is 0 Å². The molecule has 1 saturated carbocycles. The Labute approximate surface area is 112 Å². The molecule has 1 heteroatoms. The van der Waals surface area contributed by atoms with Crippen molar-refractivity contribution in [3.05, 3.63) is 34.9 Å². The Morgan fingerprint density at radius 2 is 1.83 bits per heavy atom. The quantitative estimate of drug-likeness (QED) is 0.837. The third-order valence-electron chi connectivity index (χ3n) is 5.21. The molecule has 1 aliphatic carbocycles. The molecule has 1 nitrogen and oxygen atoms in total. The van der Waals surface area contributed by atoms with Crippen LogP contribution in [0.3, 0.4) is 0 Å². The van der Waals surface area contributed by atoms with Crippen LogP contribution in [0.5, 0.6) is 0 Å². The van der Waals surface area contributed by atoms with Crippen LogP contribution in [0.2, 0.25) is 0 Å². The highest BCUT2D eigenvalue weighted by Crippen LogP contribution is 2.38. The van der Waals surface area contributed by atoms with Gasteiger partial charge in [-0.05, 0) is 55.2 Å². The van der Waals surface area contributed by atoms with Crippen molar-refractivity contribution in [3.8, 4) is 0 Å². The average Bonchev–Trinajstić information content (AvgIpc) is 2.31. The lowest BCUT2D eigenvalue weighted by molar-refractivity contribution is 0.143. The first-order valence-electron chi connectivity index (χ1n) is 7.28. The van der Waals surface area contributed by atoms with Gasteiger partial charge >= 0.3 is 0 Å². The summed E-state index contributed by atoms with van der Waals surface area (Å²) in [6.45, 7) is 9.12. The van der Waals surface area contributed by atoms with Crippen molar-refractivity contribution >= 4 is 0 Å². The lowest BCUT2D eigenvalue weighted by Gasteiger charge is -2.44. The molecule has 0 aliphatic heterocycles. The molecule has 3 atom stereocenters. The second-order valence-corrected chi connectivity index (χ2v) is 6.44. The molecule has 0 bridgehead atoms. The number of hydrogen-bond donors (Lipinski definition) is 1. The smallest absolute Gasteiger partial charge is 0.0223 e. The van der Waals surface area contributed by atoms with Crippen LogP contribution in [0, 0.1) is 25.7 Å². The van der Waals surface area contributed by atoms with E-state index in [1.807, 2.05) is 0 Å². The van der Waals surface area contributed by atoms with Gasteiger partial charge in [-0.25, -0.2) is 0 Å². The largest absolute Gasteiger partial charge is 0.325 e. The monoisotopic (exact) mass is 245 g/mol. The van der Waals surface area contributed by atoms with Crippen molar-refractivity contribution in [1.29, 1.82) is 0 Å². The summed E-state index contributed by atoms with van der Waals surface area (Å²) in [7, 11) is 0.